The van der Waals surface area contributed by atoms with Gasteiger partial charge in [-0.2, -0.15) is 0 Å². The van der Waals surface area contributed by atoms with Gasteiger partial charge in [0, 0.05) is 35.0 Å². The predicted octanol–water partition coefficient (Wildman–Crippen LogP) is 5.15. The summed E-state index contributed by atoms with van der Waals surface area (Å²) in [5.74, 6) is 0. The van der Waals surface area contributed by atoms with Crippen molar-refractivity contribution < 1.29 is 9.53 Å². The lowest BCUT2D eigenvalue weighted by atomic mass is 10.1. The van der Waals surface area contributed by atoms with Gasteiger partial charge in [0.05, 0.1) is 3.79 Å². The van der Waals surface area contributed by atoms with Gasteiger partial charge in [-0.05, 0) is 78.0 Å². The first-order valence-electron chi connectivity index (χ1n) is 7.89. The summed E-state index contributed by atoms with van der Waals surface area (Å²) in [6, 6.07) is 2.59. The minimum Gasteiger partial charge on any atom is -0.444 e. The summed E-state index contributed by atoms with van der Waals surface area (Å²) in [7, 11) is 0. The second-order valence-electron chi connectivity index (χ2n) is 6.81. The van der Waals surface area contributed by atoms with Gasteiger partial charge >= 0.3 is 6.09 Å². The molecule has 0 aromatic carbocycles. The van der Waals surface area contributed by atoms with Crippen LogP contribution in [0.4, 0.5) is 4.79 Å². The molecule has 1 N–H and O–H groups in total. The zero-order valence-corrected chi connectivity index (χ0v) is 17.8. The van der Waals surface area contributed by atoms with E-state index in [2.05, 4.69) is 43.2 Å². The maximum absolute atomic E-state index is 12.2. The van der Waals surface area contributed by atoms with Gasteiger partial charge in [-0.3, -0.25) is 0 Å². The summed E-state index contributed by atoms with van der Waals surface area (Å²) in [5, 5.41) is 3.62. The van der Waals surface area contributed by atoms with Gasteiger partial charge < -0.3 is 15.0 Å². The first kappa shape index (κ1) is 19.2. The Balaban J connectivity index is 1.80. The Morgan fingerprint density at radius 2 is 2.13 bits per heavy atom. The van der Waals surface area contributed by atoms with Crippen LogP contribution in [0.2, 0.25) is 0 Å². The number of thiophene rings is 1. The standard InChI is InChI=1S/C16H24Br2N2O2S/c1-16(2,3)22-15(21)20-7-4-5-11(6-8-20)19-10-12-9-13(17)14(18)23-12/h9,11,19H,4-8,10H2,1-3H3. The van der Waals surface area contributed by atoms with Crippen LogP contribution in [0, 0.1) is 0 Å². The second-order valence-corrected chi connectivity index (χ2v) is 10.1. The Morgan fingerprint density at radius 3 is 2.74 bits per heavy atom. The maximum atomic E-state index is 12.2. The number of nitrogens with one attached hydrogen (secondary N) is 1. The number of carbonyl (C=O) groups is 1. The molecule has 0 spiro atoms. The Morgan fingerprint density at radius 1 is 1.39 bits per heavy atom. The summed E-state index contributed by atoms with van der Waals surface area (Å²) in [5.41, 5.74) is -0.430. The molecule has 0 radical (unpaired) electrons. The fourth-order valence-corrected chi connectivity index (χ4v) is 4.66. The molecule has 1 aromatic rings. The van der Waals surface area contributed by atoms with E-state index in [4.69, 9.17) is 4.74 Å². The summed E-state index contributed by atoms with van der Waals surface area (Å²) in [4.78, 5) is 15.3. The van der Waals surface area contributed by atoms with Crippen molar-refractivity contribution in [2.24, 2.45) is 0 Å². The van der Waals surface area contributed by atoms with Gasteiger partial charge in [0.25, 0.3) is 0 Å². The molecule has 0 saturated carbocycles. The average Bonchev–Trinajstić information content (AvgIpc) is 2.64. The number of rotatable bonds is 3. The molecule has 1 aliphatic heterocycles. The molecule has 2 rings (SSSR count). The van der Waals surface area contributed by atoms with Crippen LogP contribution in [0.15, 0.2) is 14.3 Å². The molecule has 4 nitrogen and oxygen atoms in total. The van der Waals surface area contributed by atoms with Crippen LogP contribution >= 0.6 is 43.2 Å². The smallest absolute Gasteiger partial charge is 0.410 e. The van der Waals surface area contributed by atoms with Crippen molar-refractivity contribution in [2.45, 2.75) is 58.2 Å². The van der Waals surface area contributed by atoms with Gasteiger partial charge in [0.15, 0.2) is 0 Å². The van der Waals surface area contributed by atoms with Crippen molar-refractivity contribution in [2.75, 3.05) is 13.1 Å². The lowest BCUT2D eigenvalue weighted by Crippen LogP contribution is -2.38. The van der Waals surface area contributed by atoms with Crippen LogP contribution in [-0.2, 0) is 11.3 Å². The molecule has 2 heterocycles. The van der Waals surface area contributed by atoms with E-state index < -0.39 is 5.60 Å². The molecule has 1 fully saturated rings. The number of nitrogens with zero attached hydrogens (tertiary/aromatic N) is 1. The zero-order valence-electron chi connectivity index (χ0n) is 13.8. The number of hydrogen-bond acceptors (Lipinski definition) is 4. The number of ether oxygens (including phenoxy) is 1. The second kappa shape index (κ2) is 8.32. The number of hydrogen-bond donors (Lipinski definition) is 1. The molecule has 1 saturated heterocycles. The first-order chi connectivity index (χ1) is 10.7. The summed E-state index contributed by atoms with van der Waals surface area (Å²) < 4.78 is 7.71. The van der Waals surface area contributed by atoms with Gasteiger partial charge in [-0.1, -0.05) is 0 Å². The number of carbonyl (C=O) groups excluding carboxylic acids is 1. The molecule has 7 heteroatoms. The number of amides is 1. The Kier molecular flexibility index (Phi) is 6.95. The van der Waals surface area contributed by atoms with E-state index >= 15 is 0 Å². The van der Waals surface area contributed by atoms with E-state index in [0.717, 1.165) is 47.2 Å². The van der Waals surface area contributed by atoms with Crippen LogP contribution in [0.25, 0.3) is 0 Å². The molecule has 1 amide bonds. The Bertz CT molecular complexity index is 523. The van der Waals surface area contributed by atoms with E-state index in [1.807, 2.05) is 25.7 Å². The van der Waals surface area contributed by atoms with Crippen LogP contribution in [0.3, 0.4) is 0 Å². The van der Waals surface area contributed by atoms with Crippen molar-refractivity contribution in [3.8, 4) is 0 Å². The summed E-state index contributed by atoms with van der Waals surface area (Å²) in [6.07, 6.45) is 2.87. The highest BCUT2D eigenvalue weighted by Crippen LogP contribution is 2.32. The largest absolute Gasteiger partial charge is 0.444 e. The lowest BCUT2D eigenvalue weighted by molar-refractivity contribution is 0.0256. The molecule has 0 aliphatic carbocycles. The third kappa shape index (κ3) is 6.36. The van der Waals surface area contributed by atoms with Crippen molar-refractivity contribution >= 4 is 49.3 Å². The Labute approximate surface area is 159 Å². The van der Waals surface area contributed by atoms with Crippen LogP contribution < -0.4 is 5.32 Å². The molecular weight excluding hydrogens is 444 g/mol. The van der Waals surface area contributed by atoms with Crippen LogP contribution in [0.1, 0.15) is 44.9 Å². The minimum atomic E-state index is -0.430. The lowest BCUT2D eigenvalue weighted by Gasteiger charge is -2.26. The number of likely N-dealkylation sites (tertiary alicyclic amines) is 1. The van der Waals surface area contributed by atoms with Crippen LogP contribution in [-0.4, -0.2) is 35.7 Å². The highest BCUT2D eigenvalue weighted by Gasteiger charge is 2.25. The maximum Gasteiger partial charge on any atom is 0.410 e. The molecule has 23 heavy (non-hydrogen) atoms. The highest BCUT2D eigenvalue weighted by molar-refractivity contribution is 9.13. The van der Waals surface area contributed by atoms with E-state index in [0.29, 0.717) is 6.04 Å². The van der Waals surface area contributed by atoms with E-state index in [-0.39, 0.29) is 6.09 Å². The molecule has 1 unspecified atom stereocenters. The monoisotopic (exact) mass is 466 g/mol. The average molecular weight is 468 g/mol. The van der Waals surface area contributed by atoms with Crippen molar-refractivity contribution in [3.63, 3.8) is 0 Å². The van der Waals surface area contributed by atoms with Gasteiger partial charge in [0.2, 0.25) is 0 Å². The fourth-order valence-electron chi connectivity index (χ4n) is 2.53. The van der Waals surface area contributed by atoms with Gasteiger partial charge in [-0.15, -0.1) is 11.3 Å². The quantitative estimate of drug-likeness (QED) is 0.667. The summed E-state index contributed by atoms with van der Waals surface area (Å²) >= 11 is 8.79. The van der Waals surface area contributed by atoms with E-state index in [1.54, 1.807) is 11.3 Å². The molecule has 1 atom stereocenters. The van der Waals surface area contributed by atoms with Crippen LogP contribution in [0.5, 0.6) is 0 Å². The van der Waals surface area contributed by atoms with Crippen molar-refractivity contribution in [1.29, 1.82) is 0 Å². The molecule has 130 valence electrons. The first-order valence-corrected chi connectivity index (χ1v) is 10.3. The normalized spacial score (nSPS) is 19.5. The van der Waals surface area contributed by atoms with Crippen molar-refractivity contribution in [1.82, 2.24) is 10.2 Å². The molecular formula is C16H24Br2N2O2S. The van der Waals surface area contributed by atoms with Gasteiger partial charge in [0.1, 0.15) is 5.60 Å². The predicted molar refractivity (Wildman–Crippen MR) is 102 cm³/mol. The SMILES string of the molecule is CC(C)(C)OC(=O)N1CCCC(NCc2cc(Br)c(Br)s2)CC1. The van der Waals surface area contributed by atoms with E-state index in [1.165, 1.54) is 4.88 Å². The minimum absolute atomic E-state index is 0.190. The topological polar surface area (TPSA) is 41.6 Å². The molecule has 0 bridgehead atoms. The summed E-state index contributed by atoms with van der Waals surface area (Å²) in [6.45, 7) is 8.12. The van der Waals surface area contributed by atoms with E-state index in [9.17, 15) is 4.79 Å². The Hall–Kier alpha value is -0.110. The van der Waals surface area contributed by atoms with Gasteiger partial charge in [-0.25, -0.2) is 4.79 Å². The molecule has 1 aromatic heterocycles. The zero-order chi connectivity index (χ0) is 17.0. The molecule has 1 aliphatic rings. The third-order valence-electron chi connectivity index (χ3n) is 3.64. The highest BCUT2D eigenvalue weighted by atomic mass is 79.9. The number of halogens is 2. The fraction of sp³-hybridized carbons (Fsp3) is 0.688. The third-order valence-corrected chi connectivity index (χ3v) is 6.90. The van der Waals surface area contributed by atoms with Crippen molar-refractivity contribution in [3.05, 3.63) is 19.2 Å².